The Morgan fingerprint density at radius 2 is 1.95 bits per heavy atom. The SMILES string of the molecule is C#CCOc1ccc(CNc2ccccc2Cl)cc1OCC. The largest absolute Gasteiger partial charge is 0.490 e. The van der Waals surface area contributed by atoms with E-state index in [0.29, 0.717) is 29.7 Å². The van der Waals surface area contributed by atoms with E-state index in [0.717, 1.165) is 11.3 Å². The third-order valence-electron chi connectivity index (χ3n) is 2.98. The Morgan fingerprint density at radius 3 is 2.68 bits per heavy atom. The first kappa shape index (κ1) is 16.1. The lowest BCUT2D eigenvalue weighted by Gasteiger charge is -2.13. The molecule has 0 fully saturated rings. The molecule has 0 heterocycles. The van der Waals surface area contributed by atoms with E-state index < -0.39 is 0 Å². The van der Waals surface area contributed by atoms with Gasteiger partial charge in [0.25, 0.3) is 0 Å². The molecule has 0 aliphatic carbocycles. The van der Waals surface area contributed by atoms with Crippen molar-refractivity contribution in [1.82, 2.24) is 0 Å². The maximum atomic E-state index is 6.13. The molecule has 0 aliphatic rings. The van der Waals surface area contributed by atoms with Gasteiger partial charge in [0, 0.05) is 6.54 Å². The second-order valence-electron chi connectivity index (χ2n) is 4.54. The summed E-state index contributed by atoms with van der Waals surface area (Å²) in [6.45, 7) is 3.35. The minimum absolute atomic E-state index is 0.220. The number of para-hydroxylation sites is 1. The quantitative estimate of drug-likeness (QED) is 0.770. The van der Waals surface area contributed by atoms with Crippen molar-refractivity contribution in [3.05, 3.63) is 53.1 Å². The Labute approximate surface area is 136 Å². The average molecular weight is 316 g/mol. The van der Waals surface area contributed by atoms with E-state index >= 15 is 0 Å². The van der Waals surface area contributed by atoms with Gasteiger partial charge in [0.15, 0.2) is 11.5 Å². The number of benzene rings is 2. The number of hydrogen-bond donors (Lipinski definition) is 1. The first-order valence-corrected chi connectivity index (χ1v) is 7.42. The molecule has 0 bridgehead atoms. The van der Waals surface area contributed by atoms with Crippen molar-refractivity contribution < 1.29 is 9.47 Å². The van der Waals surface area contributed by atoms with Crippen molar-refractivity contribution in [3.8, 4) is 23.8 Å². The molecular formula is C18H18ClNO2. The predicted octanol–water partition coefficient (Wildman–Crippen LogP) is 4.36. The van der Waals surface area contributed by atoms with E-state index in [9.17, 15) is 0 Å². The molecule has 0 saturated heterocycles. The number of terminal acetylenes is 1. The maximum absolute atomic E-state index is 6.13. The van der Waals surface area contributed by atoms with Crippen LogP contribution in [0.2, 0.25) is 5.02 Å². The Morgan fingerprint density at radius 1 is 1.14 bits per heavy atom. The molecule has 0 aromatic heterocycles. The number of nitrogens with one attached hydrogen (secondary N) is 1. The summed E-state index contributed by atoms with van der Waals surface area (Å²) in [7, 11) is 0. The van der Waals surface area contributed by atoms with Gasteiger partial charge >= 0.3 is 0 Å². The van der Waals surface area contributed by atoms with Gasteiger partial charge in [-0.05, 0) is 36.8 Å². The van der Waals surface area contributed by atoms with Crippen LogP contribution in [0.5, 0.6) is 11.5 Å². The summed E-state index contributed by atoms with van der Waals surface area (Å²) in [4.78, 5) is 0. The van der Waals surface area contributed by atoms with Crippen LogP contribution in [0.1, 0.15) is 12.5 Å². The summed E-state index contributed by atoms with van der Waals surface area (Å²) >= 11 is 6.13. The smallest absolute Gasteiger partial charge is 0.162 e. The van der Waals surface area contributed by atoms with Crippen LogP contribution in [-0.4, -0.2) is 13.2 Å². The van der Waals surface area contributed by atoms with Gasteiger partial charge in [-0.25, -0.2) is 0 Å². The topological polar surface area (TPSA) is 30.5 Å². The van der Waals surface area contributed by atoms with E-state index in [4.69, 9.17) is 27.5 Å². The molecule has 4 heteroatoms. The standard InChI is InChI=1S/C18H18ClNO2/c1-3-11-22-17-10-9-14(12-18(17)21-4-2)13-20-16-8-6-5-7-15(16)19/h1,5-10,12,20H,4,11,13H2,2H3. The minimum Gasteiger partial charge on any atom is -0.490 e. The number of anilines is 1. The molecule has 2 aromatic carbocycles. The van der Waals surface area contributed by atoms with Gasteiger partial charge < -0.3 is 14.8 Å². The summed E-state index contributed by atoms with van der Waals surface area (Å²) in [6.07, 6.45) is 5.22. The van der Waals surface area contributed by atoms with Gasteiger partial charge in [-0.3, -0.25) is 0 Å². The van der Waals surface area contributed by atoms with Crippen molar-refractivity contribution in [2.75, 3.05) is 18.5 Å². The highest BCUT2D eigenvalue weighted by molar-refractivity contribution is 6.33. The lowest BCUT2D eigenvalue weighted by atomic mass is 10.2. The Balaban J connectivity index is 2.09. The van der Waals surface area contributed by atoms with Crippen LogP contribution in [0, 0.1) is 12.3 Å². The number of hydrogen-bond acceptors (Lipinski definition) is 3. The second-order valence-corrected chi connectivity index (χ2v) is 4.95. The van der Waals surface area contributed by atoms with Crippen LogP contribution in [-0.2, 0) is 6.54 Å². The van der Waals surface area contributed by atoms with Gasteiger partial charge in [-0.2, -0.15) is 0 Å². The molecule has 0 spiro atoms. The number of halogens is 1. The van der Waals surface area contributed by atoms with Gasteiger partial charge in [0.05, 0.1) is 17.3 Å². The molecule has 114 valence electrons. The molecule has 0 radical (unpaired) electrons. The van der Waals surface area contributed by atoms with Crippen molar-refractivity contribution >= 4 is 17.3 Å². The average Bonchev–Trinajstić information content (AvgIpc) is 2.53. The summed E-state index contributed by atoms with van der Waals surface area (Å²) in [5.74, 6) is 3.79. The van der Waals surface area contributed by atoms with Crippen LogP contribution in [0.15, 0.2) is 42.5 Å². The molecular weight excluding hydrogens is 298 g/mol. The number of ether oxygens (including phenoxy) is 2. The van der Waals surface area contributed by atoms with E-state index in [2.05, 4.69) is 11.2 Å². The van der Waals surface area contributed by atoms with E-state index in [-0.39, 0.29) is 6.61 Å². The predicted molar refractivity (Wildman–Crippen MR) is 90.7 cm³/mol. The minimum atomic E-state index is 0.220. The van der Waals surface area contributed by atoms with Gasteiger partial charge in [-0.15, -0.1) is 6.42 Å². The van der Waals surface area contributed by atoms with Crippen LogP contribution in [0.25, 0.3) is 0 Å². The third kappa shape index (κ3) is 4.34. The highest BCUT2D eigenvalue weighted by Crippen LogP contribution is 2.29. The summed E-state index contributed by atoms with van der Waals surface area (Å²) in [5, 5.41) is 4.00. The molecule has 22 heavy (non-hydrogen) atoms. The fraction of sp³-hybridized carbons (Fsp3) is 0.222. The summed E-state index contributed by atoms with van der Waals surface area (Å²) in [5.41, 5.74) is 1.96. The molecule has 0 aliphatic heterocycles. The lowest BCUT2D eigenvalue weighted by molar-refractivity contribution is 0.299. The molecule has 0 amide bonds. The molecule has 0 saturated carbocycles. The Bertz CT molecular complexity index is 664. The van der Waals surface area contributed by atoms with Gasteiger partial charge in [0.2, 0.25) is 0 Å². The molecule has 0 unspecified atom stereocenters. The Kier molecular flexibility index (Phi) is 6.00. The molecule has 0 atom stereocenters. The summed E-state index contributed by atoms with van der Waals surface area (Å²) < 4.78 is 11.1. The Hall–Kier alpha value is -2.31. The van der Waals surface area contributed by atoms with Crippen LogP contribution in [0.3, 0.4) is 0 Å². The van der Waals surface area contributed by atoms with E-state index in [1.807, 2.05) is 49.4 Å². The maximum Gasteiger partial charge on any atom is 0.162 e. The van der Waals surface area contributed by atoms with Crippen molar-refractivity contribution in [2.24, 2.45) is 0 Å². The van der Waals surface area contributed by atoms with Crippen LogP contribution in [0.4, 0.5) is 5.69 Å². The molecule has 2 rings (SSSR count). The zero-order valence-electron chi connectivity index (χ0n) is 12.4. The monoisotopic (exact) mass is 315 g/mol. The molecule has 2 aromatic rings. The van der Waals surface area contributed by atoms with Crippen molar-refractivity contribution in [1.29, 1.82) is 0 Å². The first-order valence-electron chi connectivity index (χ1n) is 7.05. The van der Waals surface area contributed by atoms with Gasteiger partial charge in [-0.1, -0.05) is 35.7 Å². The van der Waals surface area contributed by atoms with Crippen molar-refractivity contribution in [2.45, 2.75) is 13.5 Å². The fourth-order valence-electron chi connectivity index (χ4n) is 1.97. The van der Waals surface area contributed by atoms with E-state index in [1.165, 1.54) is 0 Å². The zero-order valence-corrected chi connectivity index (χ0v) is 13.2. The zero-order chi connectivity index (χ0) is 15.8. The molecule has 1 N–H and O–H groups in total. The fourth-order valence-corrected chi connectivity index (χ4v) is 2.17. The normalized spacial score (nSPS) is 9.86. The third-order valence-corrected chi connectivity index (χ3v) is 3.31. The first-order chi connectivity index (χ1) is 10.7. The van der Waals surface area contributed by atoms with E-state index in [1.54, 1.807) is 0 Å². The van der Waals surface area contributed by atoms with Crippen LogP contribution < -0.4 is 14.8 Å². The highest BCUT2D eigenvalue weighted by Gasteiger charge is 2.07. The highest BCUT2D eigenvalue weighted by atomic mass is 35.5. The lowest BCUT2D eigenvalue weighted by Crippen LogP contribution is -2.03. The van der Waals surface area contributed by atoms with Gasteiger partial charge in [0.1, 0.15) is 6.61 Å². The summed E-state index contributed by atoms with van der Waals surface area (Å²) in [6, 6.07) is 13.4. The number of rotatable bonds is 7. The van der Waals surface area contributed by atoms with Crippen LogP contribution >= 0.6 is 11.6 Å². The molecule has 3 nitrogen and oxygen atoms in total. The van der Waals surface area contributed by atoms with Crippen molar-refractivity contribution in [3.63, 3.8) is 0 Å². The second kappa shape index (κ2) is 8.21.